The Balaban J connectivity index is 1.63. The lowest BCUT2D eigenvalue weighted by Crippen LogP contribution is -2.51. The van der Waals surface area contributed by atoms with E-state index >= 15 is 0 Å². The summed E-state index contributed by atoms with van der Waals surface area (Å²) in [5, 5.41) is 11.8. The number of nitrogens with one attached hydrogen (secondary N) is 1. The third-order valence-electron chi connectivity index (χ3n) is 4.26. The first-order valence-electron chi connectivity index (χ1n) is 7.36. The van der Waals surface area contributed by atoms with Gasteiger partial charge in [0.05, 0.1) is 29.9 Å². The van der Waals surface area contributed by atoms with Gasteiger partial charge in [-0.3, -0.25) is 9.69 Å². The van der Waals surface area contributed by atoms with Crippen LogP contribution in [0.25, 0.3) is 0 Å². The van der Waals surface area contributed by atoms with E-state index in [1.165, 1.54) is 0 Å². The van der Waals surface area contributed by atoms with Crippen LogP contribution in [0.1, 0.15) is 25.3 Å². The highest BCUT2D eigenvalue weighted by molar-refractivity contribution is 5.94. The smallest absolute Gasteiger partial charge is 0.241 e. The summed E-state index contributed by atoms with van der Waals surface area (Å²) in [6, 6.07) is 8.86. The molecule has 2 saturated heterocycles. The molecule has 2 aliphatic heterocycles. The summed E-state index contributed by atoms with van der Waals surface area (Å²) in [6.45, 7) is 3.57. The molecule has 2 aliphatic rings. The molecule has 5 heteroatoms. The van der Waals surface area contributed by atoms with Crippen molar-refractivity contribution in [3.8, 4) is 6.07 Å². The molecule has 1 amide bonds. The van der Waals surface area contributed by atoms with Gasteiger partial charge >= 0.3 is 0 Å². The number of likely N-dealkylation sites (tertiary alicyclic amines) is 1. The second kappa shape index (κ2) is 5.84. The second-order valence-electron chi connectivity index (χ2n) is 5.77. The van der Waals surface area contributed by atoms with E-state index in [0.717, 1.165) is 25.9 Å². The molecular formula is C16H19N3O2. The van der Waals surface area contributed by atoms with Crippen LogP contribution >= 0.6 is 0 Å². The van der Waals surface area contributed by atoms with Crippen LogP contribution in [0.4, 0.5) is 5.69 Å². The Hall–Kier alpha value is -1.90. The molecule has 1 N–H and O–H groups in total. The first-order chi connectivity index (χ1) is 10.2. The van der Waals surface area contributed by atoms with Crippen LogP contribution in [0.15, 0.2) is 24.3 Å². The van der Waals surface area contributed by atoms with Gasteiger partial charge in [0.1, 0.15) is 0 Å². The van der Waals surface area contributed by atoms with E-state index in [4.69, 9.17) is 10.00 Å². The summed E-state index contributed by atoms with van der Waals surface area (Å²) in [5.74, 6) is -0.0358. The highest BCUT2D eigenvalue weighted by Crippen LogP contribution is 2.27. The average molecular weight is 285 g/mol. The quantitative estimate of drug-likeness (QED) is 0.919. The molecule has 3 unspecified atom stereocenters. The van der Waals surface area contributed by atoms with E-state index in [-0.39, 0.29) is 24.2 Å². The predicted octanol–water partition coefficient (Wildman–Crippen LogP) is 1.75. The first-order valence-corrected chi connectivity index (χ1v) is 7.36. The lowest BCUT2D eigenvalue weighted by Gasteiger charge is -2.35. The van der Waals surface area contributed by atoms with E-state index in [2.05, 4.69) is 16.3 Å². The second-order valence-corrected chi connectivity index (χ2v) is 5.77. The zero-order valence-electron chi connectivity index (χ0n) is 12.1. The normalized spacial score (nSPS) is 26.1. The fraction of sp³-hybridized carbons (Fsp3) is 0.500. The lowest BCUT2D eigenvalue weighted by molar-refractivity contribution is -0.124. The summed E-state index contributed by atoms with van der Waals surface area (Å²) < 4.78 is 5.80. The molecule has 0 aromatic heterocycles. The minimum atomic E-state index is -0.192. The molecule has 3 atom stereocenters. The number of hydrogen-bond donors (Lipinski definition) is 1. The van der Waals surface area contributed by atoms with Crippen molar-refractivity contribution >= 4 is 11.6 Å². The highest BCUT2D eigenvalue weighted by Gasteiger charge is 2.37. The number of ether oxygens (including phenoxy) is 1. The zero-order chi connectivity index (χ0) is 14.8. The van der Waals surface area contributed by atoms with Crippen LogP contribution in [-0.4, -0.2) is 42.1 Å². The predicted molar refractivity (Wildman–Crippen MR) is 78.7 cm³/mol. The average Bonchev–Trinajstić information content (AvgIpc) is 2.85. The monoisotopic (exact) mass is 285 g/mol. The molecule has 3 rings (SSSR count). The van der Waals surface area contributed by atoms with Gasteiger partial charge in [-0.2, -0.15) is 5.26 Å². The maximum absolute atomic E-state index is 12.4. The number of rotatable bonds is 3. The zero-order valence-corrected chi connectivity index (χ0v) is 12.1. The summed E-state index contributed by atoms with van der Waals surface area (Å²) >= 11 is 0. The molecule has 2 bridgehead atoms. The van der Waals surface area contributed by atoms with Crippen LogP contribution < -0.4 is 5.32 Å². The third-order valence-corrected chi connectivity index (χ3v) is 4.26. The SMILES string of the molecule is CC(C(=O)Nc1cccc(C#N)c1)N1CC2CCC(C1)O2. The lowest BCUT2D eigenvalue weighted by atomic mass is 10.2. The summed E-state index contributed by atoms with van der Waals surface area (Å²) in [6.07, 6.45) is 2.75. The molecular weight excluding hydrogens is 266 g/mol. The fourth-order valence-corrected chi connectivity index (χ4v) is 3.04. The molecule has 110 valence electrons. The molecule has 0 spiro atoms. The Kier molecular flexibility index (Phi) is 3.91. The van der Waals surface area contributed by atoms with Crippen molar-refractivity contribution in [1.29, 1.82) is 5.26 Å². The molecule has 0 radical (unpaired) electrons. The highest BCUT2D eigenvalue weighted by atomic mass is 16.5. The summed E-state index contributed by atoms with van der Waals surface area (Å²) in [5.41, 5.74) is 1.21. The molecule has 1 aromatic rings. The van der Waals surface area contributed by atoms with Crippen molar-refractivity contribution in [2.24, 2.45) is 0 Å². The molecule has 5 nitrogen and oxygen atoms in total. The van der Waals surface area contributed by atoms with Crippen molar-refractivity contribution in [3.05, 3.63) is 29.8 Å². The van der Waals surface area contributed by atoms with Crippen LogP contribution in [0.5, 0.6) is 0 Å². The first kappa shape index (κ1) is 14.1. The van der Waals surface area contributed by atoms with Gasteiger partial charge in [-0.1, -0.05) is 6.07 Å². The molecule has 1 aromatic carbocycles. The van der Waals surface area contributed by atoms with Crippen molar-refractivity contribution in [1.82, 2.24) is 4.90 Å². The Morgan fingerprint density at radius 3 is 2.81 bits per heavy atom. The Bertz CT molecular complexity index is 569. The van der Waals surface area contributed by atoms with Crippen molar-refractivity contribution in [2.45, 2.75) is 38.0 Å². The summed E-state index contributed by atoms with van der Waals surface area (Å²) in [4.78, 5) is 14.6. The Morgan fingerprint density at radius 2 is 2.14 bits per heavy atom. The van der Waals surface area contributed by atoms with Gasteiger partial charge in [-0.05, 0) is 38.0 Å². The molecule has 0 saturated carbocycles. The topological polar surface area (TPSA) is 65.4 Å². The van der Waals surface area contributed by atoms with E-state index < -0.39 is 0 Å². The number of benzene rings is 1. The number of morpholine rings is 1. The molecule has 0 aliphatic carbocycles. The summed E-state index contributed by atoms with van der Waals surface area (Å²) in [7, 11) is 0. The Morgan fingerprint density at radius 1 is 1.43 bits per heavy atom. The van der Waals surface area contributed by atoms with E-state index in [0.29, 0.717) is 11.3 Å². The number of carbonyl (C=O) groups excluding carboxylic acids is 1. The van der Waals surface area contributed by atoms with Crippen molar-refractivity contribution < 1.29 is 9.53 Å². The van der Waals surface area contributed by atoms with E-state index in [1.54, 1.807) is 24.3 Å². The van der Waals surface area contributed by atoms with Crippen LogP contribution in [-0.2, 0) is 9.53 Å². The van der Waals surface area contributed by atoms with Gasteiger partial charge in [0.15, 0.2) is 0 Å². The number of fused-ring (bicyclic) bond motifs is 2. The van der Waals surface area contributed by atoms with Gasteiger partial charge in [-0.25, -0.2) is 0 Å². The van der Waals surface area contributed by atoms with Gasteiger partial charge in [-0.15, -0.1) is 0 Å². The number of nitriles is 1. The van der Waals surface area contributed by atoms with E-state index in [9.17, 15) is 4.79 Å². The standard InChI is InChI=1S/C16H19N3O2/c1-11(19-9-14-5-6-15(10-19)21-14)16(20)18-13-4-2-3-12(7-13)8-17/h2-4,7,11,14-15H,5-6,9-10H2,1H3,(H,18,20). The number of hydrogen-bond acceptors (Lipinski definition) is 4. The van der Waals surface area contributed by atoms with Gasteiger partial charge in [0.25, 0.3) is 0 Å². The third kappa shape index (κ3) is 3.07. The molecule has 2 fully saturated rings. The van der Waals surface area contributed by atoms with Crippen LogP contribution in [0.2, 0.25) is 0 Å². The Labute approximate surface area is 124 Å². The number of anilines is 1. The minimum absolute atomic E-state index is 0.0358. The van der Waals surface area contributed by atoms with Crippen LogP contribution in [0.3, 0.4) is 0 Å². The van der Waals surface area contributed by atoms with Crippen LogP contribution in [0, 0.1) is 11.3 Å². The number of nitrogens with zero attached hydrogens (tertiary/aromatic N) is 2. The van der Waals surface area contributed by atoms with E-state index in [1.807, 2.05) is 6.92 Å². The molecule has 2 heterocycles. The number of carbonyl (C=O) groups is 1. The largest absolute Gasteiger partial charge is 0.372 e. The molecule has 21 heavy (non-hydrogen) atoms. The minimum Gasteiger partial charge on any atom is -0.372 e. The fourth-order valence-electron chi connectivity index (χ4n) is 3.04. The van der Waals surface area contributed by atoms with Gasteiger partial charge in [0, 0.05) is 18.8 Å². The van der Waals surface area contributed by atoms with Gasteiger partial charge < -0.3 is 10.1 Å². The number of amides is 1. The van der Waals surface area contributed by atoms with Crippen molar-refractivity contribution in [2.75, 3.05) is 18.4 Å². The van der Waals surface area contributed by atoms with Gasteiger partial charge in [0.2, 0.25) is 5.91 Å². The van der Waals surface area contributed by atoms with Crippen molar-refractivity contribution in [3.63, 3.8) is 0 Å². The maximum atomic E-state index is 12.4. The maximum Gasteiger partial charge on any atom is 0.241 e.